The number of para-hydroxylation sites is 2. The normalized spacial score (nSPS) is 23.4. The van der Waals surface area contributed by atoms with E-state index in [2.05, 4.69) is 38.6 Å². The summed E-state index contributed by atoms with van der Waals surface area (Å²) in [7, 11) is -3.60. The molecule has 4 atom stereocenters. The molecule has 196 valence electrons. The van der Waals surface area contributed by atoms with Gasteiger partial charge in [0.05, 0.1) is 17.0 Å². The van der Waals surface area contributed by atoms with Crippen LogP contribution in [0.5, 0.6) is 5.75 Å². The summed E-state index contributed by atoms with van der Waals surface area (Å²) in [5.74, 6) is -0.456. The van der Waals surface area contributed by atoms with Gasteiger partial charge in [-0.2, -0.15) is 0 Å². The van der Waals surface area contributed by atoms with E-state index in [1.54, 1.807) is 0 Å². The molecule has 3 aromatic rings. The molecule has 0 amide bonds. The van der Waals surface area contributed by atoms with Crippen LogP contribution in [0.2, 0.25) is 0 Å². The molecule has 1 aliphatic carbocycles. The van der Waals surface area contributed by atoms with E-state index in [0.29, 0.717) is 12.8 Å². The van der Waals surface area contributed by atoms with E-state index in [1.807, 2.05) is 24.3 Å². The second-order valence-corrected chi connectivity index (χ2v) is 11.2. The molecule has 0 radical (unpaired) electrons. The minimum absolute atomic E-state index is 0.0156. The summed E-state index contributed by atoms with van der Waals surface area (Å²) in [4.78, 5) is 2.20. The van der Waals surface area contributed by atoms with Crippen molar-refractivity contribution in [3.05, 3.63) is 83.9 Å². The van der Waals surface area contributed by atoms with Crippen molar-refractivity contribution in [2.75, 3.05) is 4.90 Å². The van der Waals surface area contributed by atoms with Crippen LogP contribution in [-0.4, -0.2) is 33.9 Å². The first-order valence-electron chi connectivity index (χ1n) is 12.2. The van der Waals surface area contributed by atoms with Crippen molar-refractivity contribution in [3.8, 4) is 5.75 Å². The zero-order chi connectivity index (χ0) is 26.2. The highest BCUT2D eigenvalue weighted by Crippen LogP contribution is 2.41. The third kappa shape index (κ3) is 5.46. The fraction of sp³-hybridized carbons (Fsp3) is 0.333. The number of aliphatic hydroxyl groups is 1. The van der Waals surface area contributed by atoms with Crippen molar-refractivity contribution in [3.63, 3.8) is 0 Å². The van der Waals surface area contributed by atoms with Gasteiger partial charge in [-0.15, -0.1) is 13.2 Å². The first kappa shape index (κ1) is 25.6. The largest absolute Gasteiger partial charge is 0.573 e. The number of rotatable bonds is 5. The van der Waals surface area contributed by atoms with Crippen LogP contribution >= 0.6 is 0 Å². The van der Waals surface area contributed by atoms with Crippen molar-refractivity contribution < 1.29 is 27.2 Å². The van der Waals surface area contributed by atoms with Gasteiger partial charge in [0, 0.05) is 17.4 Å². The fourth-order valence-corrected chi connectivity index (χ4v) is 6.69. The summed E-state index contributed by atoms with van der Waals surface area (Å²) in [5, 5.41) is 11.5. The van der Waals surface area contributed by atoms with E-state index in [0.717, 1.165) is 42.8 Å². The van der Waals surface area contributed by atoms with E-state index < -0.39 is 34.2 Å². The Hall–Kier alpha value is -3.08. The quantitative estimate of drug-likeness (QED) is 0.394. The minimum atomic E-state index is -4.84. The van der Waals surface area contributed by atoms with Gasteiger partial charge in [-0.25, -0.2) is 13.7 Å². The summed E-state index contributed by atoms with van der Waals surface area (Å²) in [6.45, 7) is 0. The Bertz CT molecular complexity index is 1320. The highest BCUT2D eigenvalue weighted by molar-refractivity contribution is 7.90. The minimum Gasteiger partial charge on any atom is -0.406 e. The number of aliphatic hydroxyl groups excluding tert-OH is 1. The number of nitrogens with zero attached hydrogens (tertiary/aromatic N) is 1. The summed E-state index contributed by atoms with van der Waals surface area (Å²) in [5.41, 5.74) is 4.44. The average Bonchev–Trinajstić information content (AvgIpc) is 3.02. The molecule has 3 N–H and O–H groups in total. The van der Waals surface area contributed by atoms with E-state index in [4.69, 9.17) is 4.78 Å². The molecule has 1 aliphatic heterocycles. The SMILES string of the molecule is N=[S@@](=O)(N[C@@H]1CCC[C@H](N2c3ccccc3CCc3ccccc32)[C@H]1O)c1ccc(OC(F)(F)F)cc1. The third-order valence-corrected chi connectivity index (χ3v) is 8.60. The molecule has 10 heteroatoms. The van der Waals surface area contributed by atoms with Crippen LogP contribution in [0.25, 0.3) is 0 Å². The molecule has 0 aromatic heterocycles. The Balaban J connectivity index is 1.41. The topological polar surface area (TPSA) is 85.7 Å². The molecule has 3 aromatic carbocycles. The number of hydrogen-bond donors (Lipinski definition) is 3. The van der Waals surface area contributed by atoms with Gasteiger partial charge >= 0.3 is 6.36 Å². The molecule has 1 heterocycles. The summed E-state index contributed by atoms with van der Waals surface area (Å²) >= 11 is 0. The predicted molar refractivity (Wildman–Crippen MR) is 135 cm³/mol. The van der Waals surface area contributed by atoms with Crippen LogP contribution in [0.4, 0.5) is 24.5 Å². The van der Waals surface area contributed by atoms with Crippen molar-refractivity contribution in [1.29, 1.82) is 4.78 Å². The lowest BCUT2D eigenvalue weighted by Crippen LogP contribution is -2.55. The first-order valence-corrected chi connectivity index (χ1v) is 13.7. The maximum atomic E-state index is 13.3. The van der Waals surface area contributed by atoms with Crippen molar-refractivity contribution in [2.45, 2.75) is 61.5 Å². The number of fused-ring (bicyclic) bond motifs is 2. The summed E-state index contributed by atoms with van der Waals surface area (Å²) < 4.78 is 65.8. The van der Waals surface area contributed by atoms with Gasteiger partial charge in [0.25, 0.3) is 0 Å². The summed E-state index contributed by atoms with van der Waals surface area (Å²) in [6, 6.07) is 19.7. The number of halogens is 3. The van der Waals surface area contributed by atoms with E-state index in [9.17, 15) is 22.5 Å². The van der Waals surface area contributed by atoms with Crippen LogP contribution in [0.3, 0.4) is 0 Å². The molecular weight excluding hydrogens is 503 g/mol. The van der Waals surface area contributed by atoms with Gasteiger partial charge < -0.3 is 14.7 Å². The van der Waals surface area contributed by atoms with Gasteiger partial charge in [-0.3, -0.25) is 0 Å². The Morgan fingerprint density at radius 2 is 1.49 bits per heavy atom. The van der Waals surface area contributed by atoms with E-state index in [-0.39, 0.29) is 10.9 Å². The molecule has 37 heavy (non-hydrogen) atoms. The number of nitrogens with one attached hydrogen (secondary N) is 2. The number of benzene rings is 3. The van der Waals surface area contributed by atoms with Crippen LogP contribution in [-0.2, 0) is 22.8 Å². The van der Waals surface area contributed by atoms with Gasteiger partial charge in [-0.1, -0.05) is 36.4 Å². The van der Waals surface area contributed by atoms with Crippen molar-refractivity contribution >= 4 is 21.3 Å². The summed E-state index contributed by atoms with van der Waals surface area (Å²) in [6.07, 6.45) is -2.05. The number of hydrogen-bond acceptors (Lipinski definition) is 5. The maximum absolute atomic E-state index is 13.3. The zero-order valence-corrected chi connectivity index (χ0v) is 20.8. The second-order valence-electron chi connectivity index (χ2n) is 9.42. The number of anilines is 2. The van der Waals surface area contributed by atoms with Gasteiger partial charge in [-0.05, 0) is 79.6 Å². The first-order chi connectivity index (χ1) is 17.6. The molecule has 0 bridgehead atoms. The van der Waals surface area contributed by atoms with E-state index in [1.165, 1.54) is 23.3 Å². The van der Waals surface area contributed by atoms with Crippen molar-refractivity contribution in [2.24, 2.45) is 0 Å². The second kappa shape index (κ2) is 10.00. The van der Waals surface area contributed by atoms with Crippen LogP contribution in [0.1, 0.15) is 30.4 Å². The molecule has 6 nitrogen and oxygen atoms in total. The molecule has 0 saturated heterocycles. The highest BCUT2D eigenvalue weighted by Gasteiger charge is 2.39. The monoisotopic (exact) mass is 531 g/mol. The van der Waals surface area contributed by atoms with Crippen molar-refractivity contribution in [1.82, 2.24) is 4.72 Å². The van der Waals surface area contributed by atoms with Crippen LogP contribution in [0.15, 0.2) is 77.7 Å². The smallest absolute Gasteiger partial charge is 0.406 e. The van der Waals surface area contributed by atoms with Gasteiger partial charge in [0.15, 0.2) is 0 Å². The lowest BCUT2D eigenvalue weighted by atomic mass is 9.86. The Morgan fingerprint density at radius 3 is 2.05 bits per heavy atom. The Kier molecular flexibility index (Phi) is 6.91. The van der Waals surface area contributed by atoms with Gasteiger partial charge in [0.1, 0.15) is 15.7 Å². The standard InChI is InChI=1S/C27H28F3N3O3S/c28-27(29,30)36-20-14-16-21(17-15-20)37(31,35)32-22-8-5-11-25(26(22)34)33-23-9-3-1-6-18(23)12-13-19-7-2-4-10-24(19)33/h1-4,6-7,9-10,14-17,22,25-26,34H,5,8,11-13H2,(H2,31,32,35)/t22-,25+,26+,37-/m1/s1. The Morgan fingerprint density at radius 1 is 0.919 bits per heavy atom. The number of alkyl halides is 3. The van der Waals surface area contributed by atoms with Crippen LogP contribution < -0.4 is 14.4 Å². The molecule has 1 fully saturated rings. The molecule has 5 rings (SSSR count). The molecule has 1 saturated carbocycles. The maximum Gasteiger partial charge on any atom is 0.573 e. The average molecular weight is 532 g/mol. The van der Waals surface area contributed by atoms with Crippen LogP contribution in [0, 0.1) is 4.78 Å². The fourth-order valence-electron chi connectivity index (χ4n) is 5.35. The number of ether oxygens (including phenoxy) is 1. The third-order valence-electron chi connectivity index (χ3n) is 7.03. The highest BCUT2D eigenvalue weighted by atomic mass is 32.2. The van der Waals surface area contributed by atoms with E-state index >= 15 is 0 Å². The molecule has 0 unspecified atom stereocenters. The molecule has 0 spiro atoms. The zero-order valence-electron chi connectivity index (χ0n) is 19.9. The Labute approximate surface area is 214 Å². The predicted octanol–water partition coefficient (Wildman–Crippen LogP) is 5.71. The van der Waals surface area contributed by atoms with Gasteiger partial charge in [0.2, 0.25) is 0 Å². The molecule has 2 aliphatic rings. The molecular formula is C27H28F3N3O3S. The number of aryl methyl sites for hydroxylation is 2. The lowest BCUT2D eigenvalue weighted by Gasteiger charge is -2.43. The lowest BCUT2D eigenvalue weighted by molar-refractivity contribution is -0.274.